The van der Waals surface area contributed by atoms with Crippen molar-refractivity contribution >= 4 is 34.2 Å². The minimum Gasteiger partial charge on any atom is -0.484 e. The minimum atomic E-state index is -0.274. The van der Waals surface area contributed by atoms with Crippen molar-refractivity contribution in [3.05, 3.63) is 93.3 Å². The quantitative estimate of drug-likeness (QED) is 0.435. The van der Waals surface area contributed by atoms with Gasteiger partial charge in [-0.1, -0.05) is 41.9 Å². The van der Waals surface area contributed by atoms with Gasteiger partial charge in [-0.15, -0.1) is 0 Å². The van der Waals surface area contributed by atoms with E-state index in [9.17, 15) is 9.59 Å². The number of fused-ring (bicyclic) bond motifs is 1. The highest BCUT2D eigenvalue weighted by Crippen LogP contribution is 2.28. The number of amides is 1. The summed E-state index contributed by atoms with van der Waals surface area (Å²) in [5.74, 6) is 0.154. The van der Waals surface area contributed by atoms with Crippen molar-refractivity contribution in [3.63, 3.8) is 0 Å². The van der Waals surface area contributed by atoms with Crippen LogP contribution in [0.2, 0.25) is 5.02 Å². The molecule has 6 heteroatoms. The van der Waals surface area contributed by atoms with E-state index in [2.05, 4.69) is 5.32 Å². The fraction of sp³-hybridized carbons (Fsp3) is 0.120. The molecule has 0 bridgehead atoms. The third-order valence-electron chi connectivity index (χ3n) is 5.16. The lowest BCUT2D eigenvalue weighted by Crippen LogP contribution is -2.20. The number of hydrogen-bond donors (Lipinski definition) is 1. The molecular weight excluding hydrogens is 414 g/mol. The van der Waals surface area contributed by atoms with Gasteiger partial charge in [0.2, 0.25) is 5.43 Å². The van der Waals surface area contributed by atoms with Gasteiger partial charge in [0.05, 0.1) is 10.9 Å². The van der Waals surface area contributed by atoms with Gasteiger partial charge in [0.25, 0.3) is 5.91 Å². The Kier molecular flexibility index (Phi) is 5.78. The normalized spacial score (nSPS) is 10.8. The van der Waals surface area contributed by atoms with Gasteiger partial charge in [-0.25, -0.2) is 0 Å². The van der Waals surface area contributed by atoms with Crippen LogP contribution in [-0.4, -0.2) is 12.5 Å². The average Bonchev–Trinajstić information content (AvgIpc) is 2.76. The molecule has 31 heavy (non-hydrogen) atoms. The number of halogens is 1. The smallest absolute Gasteiger partial charge is 0.262 e. The Morgan fingerprint density at radius 2 is 1.84 bits per heavy atom. The zero-order valence-electron chi connectivity index (χ0n) is 17.1. The Hall–Kier alpha value is -3.57. The summed E-state index contributed by atoms with van der Waals surface area (Å²) in [5.41, 5.74) is 4.05. The number of aryl methyl sites for hydroxylation is 1. The molecule has 1 N–H and O–H groups in total. The first-order valence-corrected chi connectivity index (χ1v) is 10.1. The van der Waals surface area contributed by atoms with Crippen LogP contribution >= 0.6 is 11.6 Å². The third kappa shape index (κ3) is 4.32. The van der Waals surface area contributed by atoms with Gasteiger partial charge >= 0.3 is 0 Å². The van der Waals surface area contributed by atoms with Crippen molar-refractivity contribution in [1.29, 1.82) is 0 Å². The second-order valence-corrected chi connectivity index (χ2v) is 7.61. The predicted octanol–water partition coefficient (Wildman–Crippen LogP) is 5.75. The van der Waals surface area contributed by atoms with Gasteiger partial charge in [0.15, 0.2) is 6.61 Å². The lowest BCUT2D eigenvalue weighted by molar-refractivity contribution is -0.118. The van der Waals surface area contributed by atoms with Crippen LogP contribution in [0, 0.1) is 13.8 Å². The Labute approximate surface area is 184 Å². The SMILES string of the molecule is Cc1cccc(NC(=O)COc2ccc3c(=O)c(-c4ccccc4Cl)coc3c2)c1C. The summed E-state index contributed by atoms with van der Waals surface area (Å²) < 4.78 is 11.3. The molecule has 0 saturated carbocycles. The molecule has 0 radical (unpaired) electrons. The Bertz CT molecular complexity index is 1340. The van der Waals surface area contributed by atoms with Crippen molar-refractivity contribution in [3.8, 4) is 16.9 Å². The number of ether oxygens (including phenoxy) is 1. The maximum absolute atomic E-state index is 12.9. The van der Waals surface area contributed by atoms with E-state index in [-0.39, 0.29) is 17.9 Å². The molecule has 1 heterocycles. The molecule has 0 fully saturated rings. The van der Waals surface area contributed by atoms with Crippen LogP contribution in [-0.2, 0) is 4.79 Å². The molecule has 3 aromatic carbocycles. The second-order valence-electron chi connectivity index (χ2n) is 7.20. The topological polar surface area (TPSA) is 68.5 Å². The fourth-order valence-electron chi connectivity index (χ4n) is 3.29. The maximum atomic E-state index is 12.9. The summed E-state index contributed by atoms with van der Waals surface area (Å²) in [7, 11) is 0. The van der Waals surface area contributed by atoms with Crippen LogP contribution in [0.4, 0.5) is 5.69 Å². The van der Waals surface area contributed by atoms with Gasteiger partial charge in [-0.05, 0) is 49.2 Å². The summed E-state index contributed by atoms with van der Waals surface area (Å²) in [5, 5.41) is 3.73. The molecule has 4 rings (SSSR count). The van der Waals surface area contributed by atoms with E-state index in [0.717, 1.165) is 16.8 Å². The Morgan fingerprint density at radius 1 is 1.03 bits per heavy atom. The summed E-state index contributed by atoms with van der Waals surface area (Å²) >= 11 is 6.22. The van der Waals surface area contributed by atoms with E-state index in [0.29, 0.717) is 32.9 Å². The molecule has 0 saturated heterocycles. The highest BCUT2D eigenvalue weighted by molar-refractivity contribution is 6.33. The molecule has 1 amide bonds. The van der Waals surface area contributed by atoms with E-state index >= 15 is 0 Å². The first kappa shape index (κ1) is 20.7. The number of nitrogens with one attached hydrogen (secondary N) is 1. The highest BCUT2D eigenvalue weighted by Gasteiger charge is 2.13. The van der Waals surface area contributed by atoms with Gasteiger partial charge in [0.1, 0.15) is 17.6 Å². The average molecular weight is 434 g/mol. The number of carbonyl (C=O) groups excluding carboxylic acids is 1. The van der Waals surface area contributed by atoms with Crippen molar-refractivity contribution < 1.29 is 13.9 Å². The third-order valence-corrected chi connectivity index (χ3v) is 5.49. The zero-order valence-corrected chi connectivity index (χ0v) is 17.8. The molecule has 0 aliphatic carbocycles. The Balaban J connectivity index is 1.51. The lowest BCUT2D eigenvalue weighted by Gasteiger charge is -2.11. The van der Waals surface area contributed by atoms with E-state index in [1.807, 2.05) is 38.1 Å². The fourth-order valence-corrected chi connectivity index (χ4v) is 3.52. The summed E-state index contributed by atoms with van der Waals surface area (Å²) in [6.07, 6.45) is 1.39. The van der Waals surface area contributed by atoms with E-state index < -0.39 is 0 Å². The lowest BCUT2D eigenvalue weighted by atomic mass is 10.1. The number of carbonyl (C=O) groups is 1. The molecule has 156 valence electrons. The van der Waals surface area contributed by atoms with Gasteiger partial charge in [-0.2, -0.15) is 0 Å². The van der Waals surface area contributed by atoms with Gasteiger partial charge < -0.3 is 14.5 Å². The van der Waals surface area contributed by atoms with Crippen molar-refractivity contribution in [2.75, 3.05) is 11.9 Å². The first-order chi connectivity index (χ1) is 14.9. The summed E-state index contributed by atoms with van der Waals surface area (Å²) in [4.78, 5) is 25.2. The number of anilines is 1. The van der Waals surface area contributed by atoms with Gasteiger partial charge in [0, 0.05) is 22.3 Å². The summed E-state index contributed by atoms with van der Waals surface area (Å²) in [6, 6.07) is 17.7. The first-order valence-electron chi connectivity index (χ1n) is 9.73. The van der Waals surface area contributed by atoms with Crippen molar-refractivity contribution in [2.45, 2.75) is 13.8 Å². The number of rotatable bonds is 5. The van der Waals surface area contributed by atoms with E-state index in [1.165, 1.54) is 6.26 Å². The maximum Gasteiger partial charge on any atom is 0.262 e. The van der Waals surface area contributed by atoms with E-state index in [4.69, 9.17) is 20.8 Å². The van der Waals surface area contributed by atoms with Crippen molar-refractivity contribution in [1.82, 2.24) is 0 Å². The van der Waals surface area contributed by atoms with Crippen LogP contribution in [0.25, 0.3) is 22.1 Å². The highest BCUT2D eigenvalue weighted by atomic mass is 35.5. The number of benzene rings is 3. The van der Waals surface area contributed by atoms with Crippen LogP contribution < -0.4 is 15.5 Å². The van der Waals surface area contributed by atoms with E-state index in [1.54, 1.807) is 36.4 Å². The van der Waals surface area contributed by atoms with Crippen LogP contribution in [0.5, 0.6) is 5.75 Å². The zero-order chi connectivity index (χ0) is 22.0. The molecule has 0 aliphatic rings. The summed E-state index contributed by atoms with van der Waals surface area (Å²) in [6.45, 7) is 3.77. The largest absolute Gasteiger partial charge is 0.484 e. The Morgan fingerprint density at radius 3 is 2.65 bits per heavy atom. The number of hydrogen-bond acceptors (Lipinski definition) is 4. The molecule has 0 unspecified atom stereocenters. The standard InChI is InChI=1S/C25H20ClNO4/c1-15-6-5-9-22(16(15)2)27-24(28)14-30-17-10-11-19-23(12-17)31-13-20(25(19)29)18-7-3-4-8-21(18)26/h3-13H,14H2,1-2H3,(H,27,28). The van der Waals surface area contributed by atoms with Crippen LogP contribution in [0.1, 0.15) is 11.1 Å². The molecule has 0 aliphatic heterocycles. The second kappa shape index (κ2) is 8.66. The predicted molar refractivity (Wildman–Crippen MR) is 123 cm³/mol. The molecule has 4 aromatic rings. The molecule has 0 spiro atoms. The van der Waals surface area contributed by atoms with Gasteiger partial charge in [-0.3, -0.25) is 9.59 Å². The van der Waals surface area contributed by atoms with Crippen molar-refractivity contribution in [2.24, 2.45) is 0 Å². The molecule has 5 nitrogen and oxygen atoms in total. The monoisotopic (exact) mass is 433 g/mol. The molecular formula is C25H20ClNO4. The molecule has 1 aromatic heterocycles. The van der Waals surface area contributed by atoms with Crippen LogP contribution in [0.3, 0.4) is 0 Å². The molecule has 0 atom stereocenters. The van der Waals surface area contributed by atoms with Crippen LogP contribution in [0.15, 0.2) is 76.1 Å². The minimum absolute atomic E-state index is 0.166.